The summed E-state index contributed by atoms with van der Waals surface area (Å²) in [7, 11) is 1.67. The van der Waals surface area contributed by atoms with E-state index in [1.807, 2.05) is 16.7 Å². The van der Waals surface area contributed by atoms with Crippen LogP contribution in [0.4, 0.5) is 4.79 Å². The van der Waals surface area contributed by atoms with Gasteiger partial charge in [0.1, 0.15) is 0 Å². The number of carbonyl (C=O) groups excluding carboxylic acids is 1. The molecule has 0 radical (unpaired) electrons. The van der Waals surface area contributed by atoms with Gasteiger partial charge in [-0.25, -0.2) is 4.79 Å². The molecule has 1 fully saturated rings. The van der Waals surface area contributed by atoms with Gasteiger partial charge in [-0.15, -0.1) is 0 Å². The third-order valence-corrected chi connectivity index (χ3v) is 3.53. The van der Waals surface area contributed by atoms with Gasteiger partial charge in [0, 0.05) is 52.4 Å². The van der Waals surface area contributed by atoms with Crippen molar-refractivity contribution in [3.05, 3.63) is 0 Å². The Morgan fingerprint density at radius 1 is 1.28 bits per heavy atom. The van der Waals surface area contributed by atoms with Gasteiger partial charge in [-0.2, -0.15) is 0 Å². The van der Waals surface area contributed by atoms with Crippen LogP contribution in [0.15, 0.2) is 0 Å². The lowest BCUT2D eigenvalue weighted by atomic mass is 10.2. The number of likely N-dealkylation sites (N-methyl/N-ethyl adjacent to an activating group) is 1. The molecule has 1 saturated heterocycles. The highest BCUT2D eigenvalue weighted by atomic mass is 16.5. The molecule has 1 aliphatic rings. The third kappa shape index (κ3) is 4.14. The second-order valence-electron chi connectivity index (χ2n) is 4.97. The van der Waals surface area contributed by atoms with Gasteiger partial charge < -0.3 is 14.5 Å². The predicted octanol–water partition coefficient (Wildman–Crippen LogP) is 1.10. The van der Waals surface area contributed by atoms with Crippen LogP contribution < -0.4 is 0 Å². The average Bonchev–Trinajstić information content (AvgIpc) is 2.39. The fourth-order valence-electron chi connectivity index (χ4n) is 2.22. The Morgan fingerprint density at radius 3 is 2.33 bits per heavy atom. The van der Waals surface area contributed by atoms with Crippen molar-refractivity contribution in [2.45, 2.75) is 26.8 Å². The zero-order valence-electron chi connectivity index (χ0n) is 12.2. The molecule has 106 valence electrons. The summed E-state index contributed by atoms with van der Waals surface area (Å²) in [5.74, 6) is 0. The monoisotopic (exact) mass is 257 g/mol. The number of amides is 2. The van der Waals surface area contributed by atoms with Crippen molar-refractivity contribution < 1.29 is 9.53 Å². The van der Waals surface area contributed by atoms with Gasteiger partial charge >= 0.3 is 6.03 Å². The molecule has 5 heteroatoms. The highest BCUT2D eigenvalue weighted by molar-refractivity contribution is 5.74. The summed E-state index contributed by atoms with van der Waals surface area (Å²) in [5.41, 5.74) is 0. The molecule has 0 saturated carbocycles. The summed E-state index contributed by atoms with van der Waals surface area (Å²) < 4.78 is 5.04. The Labute approximate surface area is 111 Å². The Morgan fingerprint density at radius 2 is 1.89 bits per heavy atom. The molecule has 1 aliphatic heterocycles. The molecular weight excluding hydrogens is 230 g/mol. The molecule has 0 spiro atoms. The lowest BCUT2D eigenvalue weighted by molar-refractivity contribution is 0.0912. The number of hydrogen-bond donors (Lipinski definition) is 0. The molecule has 18 heavy (non-hydrogen) atoms. The molecular formula is C13H27N3O2. The van der Waals surface area contributed by atoms with Crippen LogP contribution in [0.2, 0.25) is 0 Å². The summed E-state index contributed by atoms with van der Waals surface area (Å²) in [6, 6.07) is 0.718. The fourth-order valence-corrected chi connectivity index (χ4v) is 2.22. The molecule has 0 aromatic heterocycles. The van der Waals surface area contributed by atoms with E-state index in [0.29, 0.717) is 19.2 Å². The van der Waals surface area contributed by atoms with Crippen LogP contribution in [0.1, 0.15) is 20.8 Å². The van der Waals surface area contributed by atoms with Crippen LogP contribution in [0.25, 0.3) is 0 Å². The van der Waals surface area contributed by atoms with Crippen molar-refractivity contribution in [2.75, 3.05) is 53.0 Å². The highest BCUT2D eigenvalue weighted by Gasteiger charge is 2.25. The van der Waals surface area contributed by atoms with E-state index < -0.39 is 0 Å². The molecule has 0 aliphatic carbocycles. The van der Waals surface area contributed by atoms with E-state index in [4.69, 9.17) is 4.74 Å². The Balaban J connectivity index is 2.42. The normalized spacial score (nSPS) is 17.3. The molecule has 0 aromatic rings. The topological polar surface area (TPSA) is 36.0 Å². The molecule has 1 heterocycles. The SMILES string of the molecule is CCN(CCOC)C(=O)N1CCN(C(C)C)CC1. The maximum Gasteiger partial charge on any atom is 0.320 e. The van der Waals surface area contributed by atoms with E-state index in [0.717, 1.165) is 32.7 Å². The minimum absolute atomic E-state index is 0.151. The molecule has 0 unspecified atom stereocenters. The largest absolute Gasteiger partial charge is 0.383 e. The lowest BCUT2D eigenvalue weighted by Crippen LogP contribution is -2.54. The molecule has 5 nitrogen and oxygen atoms in total. The summed E-state index contributed by atoms with van der Waals surface area (Å²) in [6.07, 6.45) is 0. The Bertz CT molecular complexity index is 251. The Hall–Kier alpha value is -0.810. The van der Waals surface area contributed by atoms with E-state index >= 15 is 0 Å². The lowest BCUT2D eigenvalue weighted by Gasteiger charge is -2.38. The summed E-state index contributed by atoms with van der Waals surface area (Å²) in [5, 5.41) is 0. The minimum Gasteiger partial charge on any atom is -0.383 e. The number of rotatable bonds is 5. The third-order valence-electron chi connectivity index (χ3n) is 3.53. The van der Waals surface area contributed by atoms with Crippen LogP contribution in [-0.4, -0.2) is 79.8 Å². The van der Waals surface area contributed by atoms with E-state index in [-0.39, 0.29) is 6.03 Å². The van der Waals surface area contributed by atoms with Crippen molar-refractivity contribution >= 4 is 6.03 Å². The van der Waals surface area contributed by atoms with E-state index in [1.54, 1.807) is 7.11 Å². The summed E-state index contributed by atoms with van der Waals surface area (Å²) in [6.45, 7) is 12.1. The zero-order valence-corrected chi connectivity index (χ0v) is 12.2. The van der Waals surface area contributed by atoms with Gasteiger partial charge in [-0.05, 0) is 20.8 Å². The second kappa shape index (κ2) is 7.59. The fraction of sp³-hybridized carbons (Fsp3) is 0.923. The number of carbonyl (C=O) groups is 1. The van der Waals surface area contributed by atoms with Gasteiger partial charge in [0.25, 0.3) is 0 Å². The molecule has 0 aromatic carbocycles. The molecule has 0 N–H and O–H groups in total. The van der Waals surface area contributed by atoms with Gasteiger partial charge in [-0.1, -0.05) is 0 Å². The van der Waals surface area contributed by atoms with Crippen molar-refractivity contribution in [1.82, 2.24) is 14.7 Å². The van der Waals surface area contributed by atoms with Crippen LogP contribution in [-0.2, 0) is 4.74 Å². The predicted molar refractivity (Wildman–Crippen MR) is 72.8 cm³/mol. The maximum absolute atomic E-state index is 12.3. The Kier molecular flexibility index (Phi) is 6.43. The molecule has 0 bridgehead atoms. The van der Waals surface area contributed by atoms with Crippen molar-refractivity contribution in [3.63, 3.8) is 0 Å². The van der Waals surface area contributed by atoms with Crippen LogP contribution in [0, 0.1) is 0 Å². The standard InChI is InChI=1S/C13H27N3O2/c1-5-14(10-11-18-4)13(17)16-8-6-15(7-9-16)12(2)3/h12H,5-11H2,1-4H3. The smallest absolute Gasteiger partial charge is 0.320 e. The molecule has 2 amide bonds. The number of methoxy groups -OCH3 is 1. The summed E-state index contributed by atoms with van der Waals surface area (Å²) in [4.78, 5) is 18.5. The highest BCUT2D eigenvalue weighted by Crippen LogP contribution is 2.08. The van der Waals surface area contributed by atoms with Gasteiger partial charge in [0.15, 0.2) is 0 Å². The maximum atomic E-state index is 12.3. The second-order valence-corrected chi connectivity index (χ2v) is 4.97. The first-order chi connectivity index (χ1) is 8.60. The van der Waals surface area contributed by atoms with E-state index in [2.05, 4.69) is 18.7 Å². The van der Waals surface area contributed by atoms with Crippen molar-refractivity contribution in [2.24, 2.45) is 0 Å². The van der Waals surface area contributed by atoms with Crippen LogP contribution in [0.5, 0.6) is 0 Å². The quantitative estimate of drug-likeness (QED) is 0.740. The first kappa shape index (κ1) is 15.2. The number of ether oxygens (including phenoxy) is 1. The van der Waals surface area contributed by atoms with Crippen molar-refractivity contribution in [3.8, 4) is 0 Å². The van der Waals surface area contributed by atoms with Gasteiger partial charge in [-0.3, -0.25) is 4.90 Å². The molecule has 1 rings (SSSR count). The van der Waals surface area contributed by atoms with E-state index in [1.165, 1.54) is 0 Å². The number of urea groups is 1. The van der Waals surface area contributed by atoms with Gasteiger partial charge in [0.2, 0.25) is 0 Å². The number of hydrogen-bond acceptors (Lipinski definition) is 3. The summed E-state index contributed by atoms with van der Waals surface area (Å²) >= 11 is 0. The first-order valence-corrected chi connectivity index (χ1v) is 6.87. The number of nitrogens with zero attached hydrogens (tertiary/aromatic N) is 3. The minimum atomic E-state index is 0.151. The molecule has 0 atom stereocenters. The van der Waals surface area contributed by atoms with Gasteiger partial charge in [0.05, 0.1) is 6.61 Å². The van der Waals surface area contributed by atoms with Crippen molar-refractivity contribution in [1.29, 1.82) is 0 Å². The van der Waals surface area contributed by atoms with E-state index in [9.17, 15) is 4.79 Å². The van der Waals surface area contributed by atoms with Crippen LogP contribution >= 0.6 is 0 Å². The average molecular weight is 257 g/mol. The zero-order chi connectivity index (χ0) is 13.5. The number of piperazine rings is 1. The first-order valence-electron chi connectivity index (χ1n) is 6.87. The van der Waals surface area contributed by atoms with Crippen LogP contribution in [0.3, 0.4) is 0 Å².